The van der Waals surface area contributed by atoms with Crippen LogP contribution in [0.4, 0.5) is 0 Å². The molecule has 0 spiro atoms. The molecule has 6 nitrogen and oxygen atoms in total. The fourth-order valence-electron chi connectivity index (χ4n) is 3.15. The lowest BCUT2D eigenvalue weighted by Gasteiger charge is -2.32. The SMILES string of the molecule is CC[C@H](C)c1noc([C@H]2CCCN(C(=O)[C@H]3CCCO3)C2)n1. The van der Waals surface area contributed by atoms with Gasteiger partial charge in [-0.25, -0.2) is 0 Å². The molecule has 1 aromatic rings. The van der Waals surface area contributed by atoms with Gasteiger partial charge in [0.1, 0.15) is 6.10 Å². The van der Waals surface area contributed by atoms with E-state index >= 15 is 0 Å². The molecule has 122 valence electrons. The van der Waals surface area contributed by atoms with Crippen LogP contribution < -0.4 is 0 Å². The highest BCUT2D eigenvalue weighted by Gasteiger charge is 2.33. The van der Waals surface area contributed by atoms with Crippen LogP contribution in [0.25, 0.3) is 0 Å². The molecule has 0 saturated carbocycles. The van der Waals surface area contributed by atoms with Gasteiger partial charge in [0.05, 0.1) is 5.92 Å². The molecule has 1 amide bonds. The molecule has 22 heavy (non-hydrogen) atoms. The second kappa shape index (κ2) is 6.77. The fraction of sp³-hybridized carbons (Fsp3) is 0.812. The molecule has 2 aliphatic heterocycles. The van der Waals surface area contributed by atoms with Crippen LogP contribution in [0.5, 0.6) is 0 Å². The van der Waals surface area contributed by atoms with E-state index in [1.54, 1.807) is 0 Å². The summed E-state index contributed by atoms with van der Waals surface area (Å²) in [5.74, 6) is 2.05. The summed E-state index contributed by atoms with van der Waals surface area (Å²) in [6.07, 6.45) is 4.56. The van der Waals surface area contributed by atoms with Crippen molar-refractivity contribution in [3.8, 4) is 0 Å². The Kier molecular flexibility index (Phi) is 4.76. The predicted molar refractivity (Wildman–Crippen MR) is 80.5 cm³/mol. The van der Waals surface area contributed by atoms with E-state index in [1.807, 2.05) is 4.90 Å². The minimum Gasteiger partial charge on any atom is -0.368 e. The average Bonchev–Trinajstić information content (AvgIpc) is 3.25. The number of aromatic nitrogens is 2. The van der Waals surface area contributed by atoms with E-state index in [0.717, 1.165) is 44.5 Å². The molecule has 2 aliphatic rings. The van der Waals surface area contributed by atoms with Gasteiger partial charge in [0.25, 0.3) is 5.91 Å². The Hall–Kier alpha value is -1.43. The first-order chi connectivity index (χ1) is 10.7. The standard InChI is InChI=1S/C16H25N3O3/c1-3-11(2)14-17-15(22-18-14)12-6-4-8-19(10-12)16(20)13-7-5-9-21-13/h11-13H,3-10H2,1-2H3/t11-,12-,13+/m0/s1. The third-order valence-electron chi connectivity index (χ3n) is 4.80. The summed E-state index contributed by atoms with van der Waals surface area (Å²) in [5, 5.41) is 4.10. The molecule has 3 heterocycles. The number of likely N-dealkylation sites (tertiary alicyclic amines) is 1. The zero-order valence-electron chi connectivity index (χ0n) is 13.5. The topological polar surface area (TPSA) is 68.5 Å². The van der Waals surface area contributed by atoms with E-state index in [2.05, 4.69) is 24.0 Å². The summed E-state index contributed by atoms with van der Waals surface area (Å²) >= 11 is 0. The molecular formula is C16H25N3O3. The number of piperidine rings is 1. The van der Waals surface area contributed by atoms with E-state index in [-0.39, 0.29) is 17.9 Å². The lowest BCUT2D eigenvalue weighted by molar-refractivity contribution is -0.142. The molecule has 1 aromatic heterocycles. The summed E-state index contributed by atoms with van der Waals surface area (Å²) in [4.78, 5) is 18.9. The van der Waals surface area contributed by atoms with Gasteiger partial charge in [0, 0.05) is 25.6 Å². The van der Waals surface area contributed by atoms with Crippen molar-refractivity contribution in [1.82, 2.24) is 15.0 Å². The summed E-state index contributed by atoms with van der Waals surface area (Å²) in [7, 11) is 0. The lowest BCUT2D eigenvalue weighted by Crippen LogP contribution is -2.44. The summed E-state index contributed by atoms with van der Waals surface area (Å²) < 4.78 is 11.0. The van der Waals surface area contributed by atoms with Gasteiger partial charge < -0.3 is 14.2 Å². The first-order valence-corrected chi connectivity index (χ1v) is 8.43. The third-order valence-corrected chi connectivity index (χ3v) is 4.80. The van der Waals surface area contributed by atoms with Crippen molar-refractivity contribution >= 4 is 5.91 Å². The number of amides is 1. The molecule has 6 heteroatoms. The van der Waals surface area contributed by atoms with Gasteiger partial charge in [-0.3, -0.25) is 4.79 Å². The van der Waals surface area contributed by atoms with E-state index in [1.165, 1.54) is 0 Å². The number of hydrogen-bond donors (Lipinski definition) is 0. The van der Waals surface area contributed by atoms with Crippen molar-refractivity contribution in [2.24, 2.45) is 0 Å². The Bertz CT molecular complexity index is 510. The van der Waals surface area contributed by atoms with Crippen LogP contribution in [0.2, 0.25) is 0 Å². The Balaban J connectivity index is 1.65. The lowest BCUT2D eigenvalue weighted by atomic mass is 9.97. The van der Waals surface area contributed by atoms with Crippen molar-refractivity contribution in [2.45, 2.75) is 63.9 Å². The second-order valence-electron chi connectivity index (χ2n) is 6.43. The number of rotatable bonds is 4. The van der Waals surface area contributed by atoms with Crippen molar-refractivity contribution in [3.05, 3.63) is 11.7 Å². The molecule has 0 aliphatic carbocycles. The van der Waals surface area contributed by atoms with E-state index in [0.29, 0.717) is 25.0 Å². The molecule has 2 fully saturated rings. The number of carbonyl (C=O) groups is 1. The van der Waals surface area contributed by atoms with Crippen molar-refractivity contribution in [2.75, 3.05) is 19.7 Å². The number of nitrogens with zero attached hydrogens (tertiary/aromatic N) is 3. The molecule has 3 rings (SSSR count). The molecule has 0 aromatic carbocycles. The summed E-state index contributed by atoms with van der Waals surface area (Å²) in [5.41, 5.74) is 0. The Morgan fingerprint density at radius 3 is 3.00 bits per heavy atom. The van der Waals surface area contributed by atoms with Gasteiger partial charge >= 0.3 is 0 Å². The molecule has 0 bridgehead atoms. The van der Waals surface area contributed by atoms with Crippen LogP contribution in [-0.4, -0.2) is 46.7 Å². The monoisotopic (exact) mass is 307 g/mol. The maximum Gasteiger partial charge on any atom is 0.251 e. The van der Waals surface area contributed by atoms with E-state index in [9.17, 15) is 4.79 Å². The maximum atomic E-state index is 12.5. The minimum absolute atomic E-state index is 0.129. The van der Waals surface area contributed by atoms with Crippen LogP contribution in [0.1, 0.15) is 69.5 Å². The Labute approximate surface area is 131 Å². The predicted octanol–water partition coefficient (Wildman–Crippen LogP) is 2.47. The summed E-state index contributed by atoms with van der Waals surface area (Å²) in [6, 6.07) is 0. The largest absolute Gasteiger partial charge is 0.368 e. The first-order valence-electron chi connectivity index (χ1n) is 8.43. The zero-order valence-corrected chi connectivity index (χ0v) is 13.5. The molecule has 2 saturated heterocycles. The van der Waals surface area contributed by atoms with Gasteiger partial charge in [0.2, 0.25) is 5.89 Å². The van der Waals surface area contributed by atoms with Crippen molar-refractivity contribution in [3.63, 3.8) is 0 Å². The normalized spacial score (nSPS) is 27.1. The van der Waals surface area contributed by atoms with Crippen LogP contribution in [0.15, 0.2) is 4.52 Å². The molecule has 0 N–H and O–H groups in total. The van der Waals surface area contributed by atoms with Gasteiger partial charge in [-0.05, 0) is 32.1 Å². The highest BCUT2D eigenvalue weighted by atomic mass is 16.5. The molecule has 0 radical (unpaired) electrons. The number of hydrogen-bond acceptors (Lipinski definition) is 5. The van der Waals surface area contributed by atoms with Gasteiger partial charge in [0.15, 0.2) is 5.82 Å². The summed E-state index contributed by atoms with van der Waals surface area (Å²) in [6.45, 7) is 6.39. The van der Waals surface area contributed by atoms with Gasteiger partial charge in [-0.15, -0.1) is 0 Å². The van der Waals surface area contributed by atoms with Crippen LogP contribution in [0, 0.1) is 0 Å². The van der Waals surface area contributed by atoms with Crippen molar-refractivity contribution < 1.29 is 14.1 Å². The third kappa shape index (κ3) is 3.16. The minimum atomic E-state index is -0.239. The van der Waals surface area contributed by atoms with Gasteiger partial charge in [-0.2, -0.15) is 4.98 Å². The van der Waals surface area contributed by atoms with Crippen molar-refractivity contribution in [1.29, 1.82) is 0 Å². The van der Waals surface area contributed by atoms with Crippen LogP contribution >= 0.6 is 0 Å². The highest BCUT2D eigenvalue weighted by molar-refractivity contribution is 5.81. The quantitative estimate of drug-likeness (QED) is 0.854. The molecule has 3 atom stereocenters. The van der Waals surface area contributed by atoms with Crippen LogP contribution in [-0.2, 0) is 9.53 Å². The average molecular weight is 307 g/mol. The highest BCUT2D eigenvalue weighted by Crippen LogP contribution is 2.28. The Morgan fingerprint density at radius 2 is 2.27 bits per heavy atom. The van der Waals surface area contributed by atoms with E-state index < -0.39 is 0 Å². The molecular weight excluding hydrogens is 282 g/mol. The number of carbonyl (C=O) groups excluding carboxylic acids is 1. The van der Waals surface area contributed by atoms with Gasteiger partial charge in [-0.1, -0.05) is 19.0 Å². The second-order valence-corrected chi connectivity index (χ2v) is 6.43. The Morgan fingerprint density at radius 1 is 1.41 bits per heavy atom. The molecule has 0 unspecified atom stereocenters. The first kappa shape index (κ1) is 15.5. The number of ether oxygens (including phenoxy) is 1. The fourth-order valence-corrected chi connectivity index (χ4v) is 3.15. The smallest absolute Gasteiger partial charge is 0.251 e. The van der Waals surface area contributed by atoms with E-state index in [4.69, 9.17) is 9.26 Å². The zero-order chi connectivity index (χ0) is 15.5. The maximum absolute atomic E-state index is 12.5. The van der Waals surface area contributed by atoms with Crippen LogP contribution in [0.3, 0.4) is 0 Å².